The van der Waals surface area contributed by atoms with Gasteiger partial charge in [-0.1, -0.05) is 98.4 Å². The molecular weight excluding hydrogens is 531 g/mol. The van der Waals surface area contributed by atoms with Crippen LogP contribution < -0.4 is 10.1 Å². The van der Waals surface area contributed by atoms with E-state index in [1.165, 1.54) is 5.56 Å². The van der Waals surface area contributed by atoms with Crippen LogP contribution in [-0.2, 0) is 22.6 Å². The van der Waals surface area contributed by atoms with E-state index < -0.39 is 6.04 Å². The van der Waals surface area contributed by atoms with Crippen LogP contribution in [0, 0.1) is 0 Å². The molecule has 0 aromatic heterocycles. The van der Waals surface area contributed by atoms with Gasteiger partial charge < -0.3 is 15.0 Å². The summed E-state index contributed by atoms with van der Waals surface area (Å²) in [5, 5.41) is 4.16. The second-order valence-corrected chi connectivity index (χ2v) is 11.3. The first-order valence-corrected chi connectivity index (χ1v) is 14.4. The summed E-state index contributed by atoms with van der Waals surface area (Å²) >= 11 is 12.6. The quantitative estimate of drug-likeness (QED) is 0.267. The molecule has 3 aromatic rings. The van der Waals surface area contributed by atoms with Gasteiger partial charge in [-0.2, -0.15) is 0 Å². The molecule has 206 valence electrons. The van der Waals surface area contributed by atoms with E-state index in [2.05, 4.69) is 19.2 Å². The minimum atomic E-state index is -0.737. The third-order valence-corrected chi connectivity index (χ3v) is 7.82. The monoisotopic (exact) mass is 566 g/mol. The molecule has 0 radical (unpaired) electrons. The number of amides is 2. The lowest BCUT2D eigenvalue weighted by molar-refractivity contribution is -0.143. The molecule has 4 rings (SSSR count). The van der Waals surface area contributed by atoms with Gasteiger partial charge in [-0.3, -0.25) is 9.59 Å². The smallest absolute Gasteiger partial charge is 0.261 e. The number of rotatable bonds is 11. The summed E-state index contributed by atoms with van der Waals surface area (Å²) in [5.41, 5.74) is 2.87. The highest BCUT2D eigenvalue weighted by Crippen LogP contribution is 2.25. The number of carbonyl (C=O) groups excluding carboxylic acids is 2. The normalized spacial score (nSPS) is 14.3. The molecule has 1 N–H and O–H groups in total. The molecular formula is C32H36Cl2N2O3. The van der Waals surface area contributed by atoms with E-state index in [9.17, 15) is 9.59 Å². The number of hydrogen-bond donors (Lipinski definition) is 1. The number of nitrogens with one attached hydrogen (secondary N) is 1. The van der Waals surface area contributed by atoms with Gasteiger partial charge in [0.1, 0.15) is 11.8 Å². The molecule has 0 heterocycles. The average Bonchev–Trinajstić information content (AvgIpc) is 3.44. The first-order valence-electron chi connectivity index (χ1n) is 13.6. The number of halogens is 2. The lowest BCUT2D eigenvalue weighted by Gasteiger charge is -2.32. The summed E-state index contributed by atoms with van der Waals surface area (Å²) < 4.78 is 5.91. The zero-order valence-electron chi connectivity index (χ0n) is 22.5. The SMILES string of the molecule is CC(C)c1ccc(OCC(=O)N(Cc2ccc(Cl)cc2Cl)[C@@H](Cc2ccccc2)C(=O)NC2CCCC2)cc1. The molecule has 0 unspecified atom stereocenters. The molecule has 39 heavy (non-hydrogen) atoms. The zero-order valence-corrected chi connectivity index (χ0v) is 24.0. The number of nitrogens with zero attached hydrogens (tertiary/aromatic N) is 1. The molecule has 1 atom stereocenters. The van der Waals surface area contributed by atoms with E-state index in [0.717, 1.165) is 31.2 Å². The summed E-state index contributed by atoms with van der Waals surface area (Å²) in [7, 11) is 0. The molecule has 0 saturated heterocycles. The number of ether oxygens (including phenoxy) is 1. The fourth-order valence-electron chi connectivity index (χ4n) is 4.93. The molecule has 0 bridgehead atoms. The summed E-state index contributed by atoms with van der Waals surface area (Å²) in [6.07, 6.45) is 4.48. The minimum Gasteiger partial charge on any atom is -0.484 e. The topological polar surface area (TPSA) is 58.6 Å². The van der Waals surface area contributed by atoms with Crippen LogP contribution in [0.25, 0.3) is 0 Å². The van der Waals surface area contributed by atoms with Crippen molar-refractivity contribution in [2.45, 2.75) is 70.5 Å². The lowest BCUT2D eigenvalue weighted by Crippen LogP contribution is -2.53. The highest BCUT2D eigenvalue weighted by Gasteiger charge is 2.32. The van der Waals surface area contributed by atoms with Crippen LogP contribution in [0.2, 0.25) is 10.0 Å². The Balaban J connectivity index is 1.61. The third-order valence-electron chi connectivity index (χ3n) is 7.24. The lowest BCUT2D eigenvalue weighted by atomic mass is 10.0. The Kier molecular flexibility index (Phi) is 10.3. The van der Waals surface area contributed by atoms with E-state index in [1.54, 1.807) is 23.1 Å². The first-order chi connectivity index (χ1) is 18.8. The van der Waals surface area contributed by atoms with Gasteiger partial charge in [0.25, 0.3) is 5.91 Å². The first kappa shape index (κ1) is 29.0. The Morgan fingerprint density at radius 1 is 0.974 bits per heavy atom. The van der Waals surface area contributed by atoms with Crippen molar-refractivity contribution in [2.75, 3.05) is 6.61 Å². The van der Waals surface area contributed by atoms with E-state index in [4.69, 9.17) is 27.9 Å². The zero-order chi connectivity index (χ0) is 27.8. The highest BCUT2D eigenvalue weighted by atomic mass is 35.5. The van der Waals surface area contributed by atoms with Crippen molar-refractivity contribution in [2.24, 2.45) is 0 Å². The largest absolute Gasteiger partial charge is 0.484 e. The van der Waals surface area contributed by atoms with Crippen LogP contribution in [0.3, 0.4) is 0 Å². The van der Waals surface area contributed by atoms with Crippen molar-refractivity contribution >= 4 is 35.0 Å². The standard InChI is InChI=1S/C32H36Cl2N2O3/c1-22(2)24-13-16-28(17-14-24)39-21-31(37)36(20-25-12-15-26(33)19-29(25)34)30(18-23-8-4-3-5-9-23)32(38)35-27-10-6-7-11-27/h3-5,8-9,12-17,19,22,27,30H,6-7,10-11,18,20-21H2,1-2H3,(H,35,38)/t30-/m0/s1. The number of hydrogen-bond acceptors (Lipinski definition) is 3. The summed E-state index contributed by atoms with van der Waals surface area (Å²) in [6, 6.07) is 22.1. The second kappa shape index (κ2) is 13.9. The molecule has 3 aromatic carbocycles. The highest BCUT2D eigenvalue weighted by molar-refractivity contribution is 6.35. The maximum absolute atomic E-state index is 13.8. The van der Waals surface area contributed by atoms with Crippen molar-refractivity contribution in [3.05, 3.63) is 99.5 Å². The van der Waals surface area contributed by atoms with Crippen LogP contribution in [0.15, 0.2) is 72.8 Å². The third kappa shape index (κ3) is 8.23. The Bertz CT molecular complexity index is 1240. The van der Waals surface area contributed by atoms with Crippen LogP contribution in [0.4, 0.5) is 0 Å². The molecule has 0 aliphatic heterocycles. The number of carbonyl (C=O) groups is 2. The van der Waals surface area contributed by atoms with E-state index in [0.29, 0.717) is 33.7 Å². The maximum Gasteiger partial charge on any atom is 0.261 e. The van der Waals surface area contributed by atoms with E-state index in [-0.39, 0.29) is 31.0 Å². The molecule has 1 saturated carbocycles. The van der Waals surface area contributed by atoms with Crippen LogP contribution in [-0.4, -0.2) is 35.4 Å². The van der Waals surface area contributed by atoms with Gasteiger partial charge in [0.2, 0.25) is 5.91 Å². The maximum atomic E-state index is 13.8. The Hall–Kier alpha value is -3.02. The van der Waals surface area contributed by atoms with Gasteiger partial charge in [-0.25, -0.2) is 0 Å². The van der Waals surface area contributed by atoms with Gasteiger partial charge in [0.15, 0.2) is 6.61 Å². The van der Waals surface area contributed by atoms with Gasteiger partial charge >= 0.3 is 0 Å². The molecule has 1 aliphatic rings. The van der Waals surface area contributed by atoms with E-state index in [1.807, 2.05) is 54.6 Å². The van der Waals surface area contributed by atoms with Crippen LogP contribution in [0.1, 0.15) is 62.1 Å². The molecule has 2 amide bonds. The average molecular weight is 568 g/mol. The predicted molar refractivity (Wildman–Crippen MR) is 157 cm³/mol. The van der Waals surface area contributed by atoms with Crippen molar-refractivity contribution in [1.29, 1.82) is 0 Å². The Morgan fingerprint density at radius 3 is 2.31 bits per heavy atom. The van der Waals surface area contributed by atoms with Gasteiger partial charge in [-0.05, 0) is 59.7 Å². The fourth-order valence-corrected chi connectivity index (χ4v) is 5.40. The van der Waals surface area contributed by atoms with Crippen LogP contribution in [0.5, 0.6) is 5.75 Å². The predicted octanol–water partition coefficient (Wildman–Crippen LogP) is 7.19. The van der Waals surface area contributed by atoms with Gasteiger partial charge in [0, 0.05) is 29.1 Å². The minimum absolute atomic E-state index is 0.127. The molecule has 1 aliphatic carbocycles. The van der Waals surface area contributed by atoms with Crippen molar-refractivity contribution < 1.29 is 14.3 Å². The van der Waals surface area contributed by atoms with Crippen LogP contribution >= 0.6 is 23.2 Å². The molecule has 1 fully saturated rings. The van der Waals surface area contributed by atoms with Crippen molar-refractivity contribution in [3.8, 4) is 5.75 Å². The van der Waals surface area contributed by atoms with Gasteiger partial charge in [0.05, 0.1) is 0 Å². The van der Waals surface area contributed by atoms with Crippen molar-refractivity contribution in [1.82, 2.24) is 10.2 Å². The summed E-state index contributed by atoms with van der Waals surface area (Å²) in [4.78, 5) is 29.1. The summed E-state index contributed by atoms with van der Waals surface area (Å²) in [6.45, 7) is 4.21. The molecule has 5 nitrogen and oxygen atoms in total. The second-order valence-electron chi connectivity index (χ2n) is 10.5. The Labute approximate surface area is 241 Å². The Morgan fingerprint density at radius 2 is 1.67 bits per heavy atom. The van der Waals surface area contributed by atoms with Crippen molar-refractivity contribution in [3.63, 3.8) is 0 Å². The molecule has 0 spiro atoms. The summed E-state index contributed by atoms with van der Waals surface area (Å²) in [5.74, 6) is 0.548. The fraction of sp³-hybridized carbons (Fsp3) is 0.375. The molecule has 7 heteroatoms. The number of benzene rings is 3. The van der Waals surface area contributed by atoms with Gasteiger partial charge in [-0.15, -0.1) is 0 Å². The van der Waals surface area contributed by atoms with E-state index >= 15 is 0 Å².